The molecule has 0 spiro atoms. The van der Waals surface area contributed by atoms with Gasteiger partial charge in [0.1, 0.15) is 0 Å². The van der Waals surface area contributed by atoms with E-state index in [2.05, 4.69) is 5.32 Å². The Labute approximate surface area is 157 Å². The van der Waals surface area contributed by atoms with Gasteiger partial charge in [0.2, 0.25) is 5.75 Å². The lowest BCUT2D eigenvalue weighted by molar-refractivity contribution is 0.102. The highest BCUT2D eigenvalue weighted by molar-refractivity contribution is 6.07. The standard InChI is InChI=1S/C22H21NO4/c1-14-7-5-6-10-18(14)23-22(27)17-13-16(19(24)21(26)20(17)25)12-11-15-8-3-2-4-9-15/h2-10,13,24-26H,11-12H2,1H3,(H,23,27). The second kappa shape index (κ2) is 7.83. The number of carbonyl (C=O) groups excluding carboxylic acids is 1. The number of nitrogens with one attached hydrogen (secondary N) is 1. The van der Waals surface area contributed by atoms with Gasteiger partial charge in [0.25, 0.3) is 5.91 Å². The molecule has 0 aliphatic rings. The predicted molar refractivity (Wildman–Crippen MR) is 104 cm³/mol. The van der Waals surface area contributed by atoms with Crippen LogP contribution in [0, 0.1) is 6.92 Å². The van der Waals surface area contributed by atoms with Crippen molar-refractivity contribution < 1.29 is 20.1 Å². The zero-order valence-electron chi connectivity index (χ0n) is 14.9. The van der Waals surface area contributed by atoms with Gasteiger partial charge in [0.05, 0.1) is 5.56 Å². The minimum Gasteiger partial charge on any atom is -0.504 e. The lowest BCUT2D eigenvalue weighted by atomic mass is 9.99. The van der Waals surface area contributed by atoms with Crippen LogP contribution in [-0.4, -0.2) is 21.2 Å². The fraction of sp³-hybridized carbons (Fsp3) is 0.136. The van der Waals surface area contributed by atoms with Crippen LogP contribution in [0.5, 0.6) is 17.2 Å². The second-order valence-electron chi connectivity index (χ2n) is 6.38. The van der Waals surface area contributed by atoms with Crippen molar-refractivity contribution in [2.45, 2.75) is 19.8 Å². The summed E-state index contributed by atoms with van der Waals surface area (Å²) in [5.41, 5.74) is 2.86. The first-order valence-electron chi connectivity index (χ1n) is 8.65. The molecule has 27 heavy (non-hydrogen) atoms. The Balaban J connectivity index is 1.87. The number of rotatable bonds is 5. The van der Waals surface area contributed by atoms with Crippen molar-refractivity contribution in [2.24, 2.45) is 0 Å². The third-order valence-corrected chi connectivity index (χ3v) is 4.49. The molecule has 0 atom stereocenters. The van der Waals surface area contributed by atoms with Gasteiger partial charge in [0, 0.05) is 5.69 Å². The average Bonchev–Trinajstić information content (AvgIpc) is 2.68. The molecule has 5 heteroatoms. The summed E-state index contributed by atoms with van der Waals surface area (Å²) in [5.74, 6) is -2.29. The van der Waals surface area contributed by atoms with Crippen LogP contribution < -0.4 is 5.32 Å². The van der Waals surface area contributed by atoms with Crippen molar-refractivity contribution in [2.75, 3.05) is 5.32 Å². The van der Waals surface area contributed by atoms with Gasteiger partial charge < -0.3 is 20.6 Å². The van der Waals surface area contributed by atoms with Crippen LogP contribution >= 0.6 is 0 Å². The Kier molecular flexibility index (Phi) is 5.31. The van der Waals surface area contributed by atoms with Crippen molar-refractivity contribution in [3.8, 4) is 17.2 Å². The number of para-hydroxylation sites is 1. The average molecular weight is 363 g/mol. The number of anilines is 1. The molecule has 0 heterocycles. The molecule has 3 aromatic rings. The Hall–Kier alpha value is -3.47. The Morgan fingerprint density at radius 3 is 2.22 bits per heavy atom. The van der Waals surface area contributed by atoms with Gasteiger partial charge in [-0.05, 0) is 48.6 Å². The van der Waals surface area contributed by atoms with E-state index in [1.54, 1.807) is 12.1 Å². The van der Waals surface area contributed by atoms with Crippen LogP contribution in [0.4, 0.5) is 5.69 Å². The Morgan fingerprint density at radius 1 is 0.852 bits per heavy atom. The van der Waals surface area contributed by atoms with E-state index in [1.807, 2.05) is 49.4 Å². The summed E-state index contributed by atoms with van der Waals surface area (Å²) in [7, 11) is 0. The van der Waals surface area contributed by atoms with Crippen molar-refractivity contribution in [1.82, 2.24) is 0 Å². The minimum absolute atomic E-state index is 0.0865. The van der Waals surface area contributed by atoms with Gasteiger partial charge in [0.15, 0.2) is 11.5 Å². The molecule has 5 nitrogen and oxygen atoms in total. The summed E-state index contributed by atoms with van der Waals surface area (Å²) in [4.78, 5) is 12.6. The van der Waals surface area contributed by atoms with Gasteiger partial charge >= 0.3 is 0 Å². The molecule has 138 valence electrons. The minimum atomic E-state index is -0.685. The maximum atomic E-state index is 12.6. The van der Waals surface area contributed by atoms with Crippen molar-refractivity contribution in [1.29, 1.82) is 0 Å². The zero-order valence-corrected chi connectivity index (χ0v) is 14.9. The highest BCUT2D eigenvalue weighted by atomic mass is 16.3. The Morgan fingerprint density at radius 2 is 1.52 bits per heavy atom. The van der Waals surface area contributed by atoms with Crippen LogP contribution in [-0.2, 0) is 12.8 Å². The molecule has 0 saturated carbocycles. The predicted octanol–water partition coefficient (Wildman–Crippen LogP) is 4.15. The first-order valence-corrected chi connectivity index (χ1v) is 8.65. The van der Waals surface area contributed by atoms with Crippen molar-refractivity contribution >= 4 is 11.6 Å². The first-order chi connectivity index (χ1) is 13.0. The third kappa shape index (κ3) is 4.03. The first kappa shape index (κ1) is 18.3. The van der Waals surface area contributed by atoms with E-state index in [0.717, 1.165) is 11.1 Å². The quantitative estimate of drug-likeness (QED) is 0.513. The molecule has 4 N–H and O–H groups in total. The van der Waals surface area contributed by atoms with E-state index in [-0.39, 0.29) is 5.56 Å². The smallest absolute Gasteiger partial charge is 0.259 e. The Bertz CT molecular complexity index is 968. The number of amides is 1. The topological polar surface area (TPSA) is 89.8 Å². The summed E-state index contributed by atoms with van der Waals surface area (Å²) >= 11 is 0. The molecular weight excluding hydrogens is 342 g/mol. The fourth-order valence-corrected chi connectivity index (χ4v) is 2.89. The summed E-state index contributed by atoms with van der Waals surface area (Å²) in [6.45, 7) is 1.86. The number of aryl methyl sites for hydroxylation is 3. The molecular formula is C22H21NO4. The number of benzene rings is 3. The summed E-state index contributed by atoms with van der Waals surface area (Å²) in [6, 6.07) is 18.4. The molecule has 0 aliphatic heterocycles. The monoisotopic (exact) mass is 363 g/mol. The SMILES string of the molecule is Cc1ccccc1NC(=O)c1cc(CCc2ccccc2)c(O)c(O)c1O. The highest BCUT2D eigenvalue weighted by Gasteiger charge is 2.21. The van der Waals surface area contributed by atoms with E-state index in [1.165, 1.54) is 6.07 Å². The fourth-order valence-electron chi connectivity index (χ4n) is 2.89. The van der Waals surface area contributed by atoms with Crippen LogP contribution in [0.2, 0.25) is 0 Å². The highest BCUT2D eigenvalue weighted by Crippen LogP contribution is 2.41. The van der Waals surface area contributed by atoms with E-state index in [9.17, 15) is 20.1 Å². The molecule has 0 bridgehead atoms. The molecule has 3 aromatic carbocycles. The van der Waals surface area contributed by atoms with Crippen LogP contribution in [0.25, 0.3) is 0 Å². The van der Waals surface area contributed by atoms with Crippen LogP contribution in [0.3, 0.4) is 0 Å². The number of phenols is 3. The largest absolute Gasteiger partial charge is 0.504 e. The number of hydrogen-bond donors (Lipinski definition) is 4. The van der Waals surface area contributed by atoms with Crippen molar-refractivity contribution in [3.63, 3.8) is 0 Å². The number of hydrogen-bond acceptors (Lipinski definition) is 4. The normalized spacial score (nSPS) is 10.6. The lowest BCUT2D eigenvalue weighted by Crippen LogP contribution is -2.13. The molecule has 0 saturated heterocycles. The second-order valence-corrected chi connectivity index (χ2v) is 6.38. The van der Waals surface area contributed by atoms with Crippen LogP contribution in [0.1, 0.15) is 27.0 Å². The molecule has 1 amide bonds. The summed E-state index contributed by atoms with van der Waals surface area (Å²) in [5, 5.41) is 33.1. The van der Waals surface area contributed by atoms with E-state index in [0.29, 0.717) is 24.1 Å². The maximum Gasteiger partial charge on any atom is 0.259 e. The molecule has 0 fully saturated rings. The van der Waals surface area contributed by atoms with Crippen molar-refractivity contribution in [3.05, 3.63) is 82.9 Å². The maximum absolute atomic E-state index is 12.6. The number of aromatic hydroxyl groups is 3. The zero-order chi connectivity index (χ0) is 19.4. The molecule has 0 aliphatic carbocycles. The molecule has 0 radical (unpaired) electrons. The summed E-state index contributed by atoms with van der Waals surface area (Å²) < 4.78 is 0. The van der Waals surface area contributed by atoms with Gasteiger partial charge in [-0.1, -0.05) is 48.5 Å². The van der Waals surface area contributed by atoms with E-state index in [4.69, 9.17) is 0 Å². The van der Waals surface area contributed by atoms with E-state index >= 15 is 0 Å². The lowest BCUT2D eigenvalue weighted by Gasteiger charge is -2.14. The van der Waals surface area contributed by atoms with Gasteiger partial charge in [-0.3, -0.25) is 4.79 Å². The summed E-state index contributed by atoms with van der Waals surface area (Å²) in [6.07, 6.45) is 1.03. The number of carbonyl (C=O) groups is 1. The molecule has 3 rings (SSSR count). The number of phenolic OH excluding ortho intramolecular Hbond substituents is 3. The van der Waals surface area contributed by atoms with Crippen LogP contribution in [0.15, 0.2) is 60.7 Å². The molecule has 0 unspecified atom stereocenters. The van der Waals surface area contributed by atoms with Gasteiger partial charge in [-0.2, -0.15) is 0 Å². The third-order valence-electron chi connectivity index (χ3n) is 4.49. The van der Waals surface area contributed by atoms with Gasteiger partial charge in [-0.15, -0.1) is 0 Å². The molecule has 0 aromatic heterocycles. The van der Waals surface area contributed by atoms with Gasteiger partial charge in [-0.25, -0.2) is 0 Å². The van der Waals surface area contributed by atoms with E-state index < -0.39 is 23.2 Å².